The van der Waals surface area contributed by atoms with Crippen LogP contribution < -0.4 is 15.5 Å². The van der Waals surface area contributed by atoms with E-state index in [1.54, 1.807) is 6.33 Å². The van der Waals surface area contributed by atoms with E-state index in [-0.39, 0.29) is 0 Å². The van der Waals surface area contributed by atoms with Gasteiger partial charge in [0.15, 0.2) is 11.6 Å². The molecule has 2 N–H and O–H groups in total. The Balaban J connectivity index is 1.81. The molecule has 0 aromatic carbocycles. The van der Waals surface area contributed by atoms with Crippen LogP contribution in [-0.2, 0) is 0 Å². The molecule has 2 aliphatic rings. The van der Waals surface area contributed by atoms with Crippen molar-refractivity contribution in [3.05, 3.63) is 6.33 Å². The van der Waals surface area contributed by atoms with Gasteiger partial charge in [-0.05, 0) is 38.0 Å². The first kappa shape index (κ1) is 13.5. The van der Waals surface area contributed by atoms with E-state index >= 15 is 0 Å². The van der Waals surface area contributed by atoms with Crippen molar-refractivity contribution in [3.8, 4) is 0 Å². The minimum atomic E-state index is 0.768. The summed E-state index contributed by atoms with van der Waals surface area (Å²) >= 11 is 0. The number of nitrogens with zero attached hydrogens (tertiary/aromatic N) is 4. The number of nitrogen functional groups attached to an aromatic ring is 1. The molecule has 3 rings (SSSR count). The molecular formula is C15H25N5. The van der Waals surface area contributed by atoms with E-state index in [0.717, 1.165) is 49.4 Å². The second-order valence-electron chi connectivity index (χ2n) is 6.15. The van der Waals surface area contributed by atoms with Gasteiger partial charge in [-0.15, -0.1) is 0 Å². The standard InChI is InChI=1S/C15H25N5/c1-12-5-9-20(10-6-12)15-13(16)14(17-11-18-15)19-7-3-2-4-8-19/h11-12H,2-10,16H2,1H3. The maximum Gasteiger partial charge on any atom is 0.157 e. The van der Waals surface area contributed by atoms with Crippen molar-refractivity contribution in [1.29, 1.82) is 0 Å². The zero-order valence-electron chi connectivity index (χ0n) is 12.4. The van der Waals surface area contributed by atoms with Crippen molar-refractivity contribution < 1.29 is 0 Å². The lowest BCUT2D eigenvalue weighted by atomic mass is 9.99. The second-order valence-corrected chi connectivity index (χ2v) is 6.15. The summed E-state index contributed by atoms with van der Waals surface area (Å²) in [7, 11) is 0. The molecule has 0 aliphatic carbocycles. The lowest BCUT2D eigenvalue weighted by Crippen LogP contribution is -2.35. The minimum absolute atomic E-state index is 0.768. The highest BCUT2D eigenvalue weighted by atomic mass is 15.3. The molecule has 5 nitrogen and oxygen atoms in total. The summed E-state index contributed by atoms with van der Waals surface area (Å²) in [5.74, 6) is 2.69. The first-order valence-electron chi connectivity index (χ1n) is 7.86. The average Bonchev–Trinajstić information content (AvgIpc) is 2.49. The van der Waals surface area contributed by atoms with Gasteiger partial charge in [-0.25, -0.2) is 9.97 Å². The largest absolute Gasteiger partial charge is 0.393 e. The van der Waals surface area contributed by atoms with Crippen LogP contribution in [0.5, 0.6) is 0 Å². The predicted molar refractivity (Wildman–Crippen MR) is 83.1 cm³/mol. The van der Waals surface area contributed by atoms with Gasteiger partial charge in [0, 0.05) is 26.2 Å². The molecule has 1 aromatic heterocycles. The van der Waals surface area contributed by atoms with E-state index in [4.69, 9.17) is 5.73 Å². The summed E-state index contributed by atoms with van der Waals surface area (Å²) < 4.78 is 0. The van der Waals surface area contributed by atoms with Gasteiger partial charge in [0.25, 0.3) is 0 Å². The molecule has 0 spiro atoms. The third-order valence-corrected chi connectivity index (χ3v) is 4.58. The first-order valence-corrected chi connectivity index (χ1v) is 7.86. The Morgan fingerprint density at radius 3 is 2.10 bits per heavy atom. The van der Waals surface area contributed by atoms with Gasteiger partial charge in [0.1, 0.15) is 12.0 Å². The van der Waals surface area contributed by atoms with Crippen LogP contribution in [0.1, 0.15) is 39.0 Å². The first-order chi connectivity index (χ1) is 9.75. The summed E-state index contributed by atoms with van der Waals surface area (Å²) in [6, 6.07) is 0. The van der Waals surface area contributed by atoms with E-state index in [1.165, 1.54) is 32.1 Å². The number of nitrogens with two attached hydrogens (primary N) is 1. The van der Waals surface area contributed by atoms with E-state index in [9.17, 15) is 0 Å². The minimum Gasteiger partial charge on any atom is -0.393 e. The summed E-state index contributed by atoms with van der Waals surface area (Å²) in [5, 5.41) is 0. The predicted octanol–water partition coefficient (Wildman–Crippen LogP) is 2.29. The maximum atomic E-state index is 6.37. The van der Waals surface area contributed by atoms with Crippen LogP contribution in [0.4, 0.5) is 17.3 Å². The molecule has 5 heteroatoms. The van der Waals surface area contributed by atoms with Gasteiger partial charge in [0.2, 0.25) is 0 Å². The van der Waals surface area contributed by atoms with Crippen molar-refractivity contribution >= 4 is 17.3 Å². The highest BCUT2D eigenvalue weighted by Crippen LogP contribution is 2.32. The SMILES string of the molecule is CC1CCN(c2ncnc(N3CCCCC3)c2N)CC1. The fourth-order valence-corrected chi connectivity index (χ4v) is 3.21. The lowest BCUT2D eigenvalue weighted by molar-refractivity contribution is 0.436. The van der Waals surface area contributed by atoms with E-state index in [0.29, 0.717) is 0 Å². The van der Waals surface area contributed by atoms with Crippen molar-refractivity contribution in [2.75, 3.05) is 41.7 Å². The zero-order valence-corrected chi connectivity index (χ0v) is 12.4. The second kappa shape index (κ2) is 5.85. The Bertz CT molecular complexity index is 448. The third-order valence-electron chi connectivity index (χ3n) is 4.58. The Morgan fingerprint density at radius 1 is 0.950 bits per heavy atom. The third kappa shape index (κ3) is 2.67. The molecule has 3 heterocycles. The van der Waals surface area contributed by atoms with E-state index in [1.807, 2.05) is 0 Å². The molecule has 0 amide bonds. The topological polar surface area (TPSA) is 58.3 Å². The molecule has 0 unspecified atom stereocenters. The Labute approximate surface area is 121 Å². The number of aromatic nitrogens is 2. The smallest absolute Gasteiger partial charge is 0.157 e. The Kier molecular flexibility index (Phi) is 3.94. The van der Waals surface area contributed by atoms with E-state index in [2.05, 4.69) is 26.7 Å². The quantitative estimate of drug-likeness (QED) is 0.897. The number of rotatable bonds is 2. The van der Waals surface area contributed by atoms with Crippen LogP contribution in [-0.4, -0.2) is 36.1 Å². The normalized spacial score (nSPS) is 21.2. The van der Waals surface area contributed by atoms with Crippen LogP contribution in [0, 0.1) is 5.92 Å². The van der Waals surface area contributed by atoms with Crippen molar-refractivity contribution in [2.24, 2.45) is 5.92 Å². The molecule has 2 fully saturated rings. The summed E-state index contributed by atoms with van der Waals surface area (Å²) in [4.78, 5) is 13.5. The molecule has 20 heavy (non-hydrogen) atoms. The molecule has 2 aliphatic heterocycles. The highest BCUT2D eigenvalue weighted by molar-refractivity contribution is 5.75. The molecule has 110 valence electrons. The van der Waals surface area contributed by atoms with Gasteiger partial charge in [-0.1, -0.05) is 6.92 Å². The molecule has 0 atom stereocenters. The van der Waals surface area contributed by atoms with Gasteiger partial charge >= 0.3 is 0 Å². The summed E-state index contributed by atoms with van der Waals surface area (Å²) in [6.45, 7) is 6.57. The molecule has 1 aromatic rings. The summed E-state index contributed by atoms with van der Waals surface area (Å²) in [6.07, 6.45) is 7.91. The van der Waals surface area contributed by atoms with Gasteiger partial charge in [-0.3, -0.25) is 0 Å². The summed E-state index contributed by atoms with van der Waals surface area (Å²) in [5.41, 5.74) is 7.14. The van der Waals surface area contributed by atoms with Crippen LogP contribution in [0.25, 0.3) is 0 Å². The monoisotopic (exact) mass is 275 g/mol. The number of anilines is 3. The zero-order chi connectivity index (χ0) is 13.9. The van der Waals surface area contributed by atoms with Gasteiger partial charge < -0.3 is 15.5 Å². The van der Waals surface area contributed by atoms with Crippen LogP contribution in [0.15, 0.2) is 6.33 Å². The number of piperidine rings is 2. The molecule has 0 saturated carbocycles. The fraction of sp³-hybridized carbons (Fsp3) is 0.733. The van der Waals surface area contributed by atoms with Crippen molar-refractivity contribution in [3.63, 3.8) is 0 Å². The average molecular weight is 275 g/mol. The van der Waals surface area contributed by atoms with Gasteiger partial charge in [-0.2, -0.15) is 0 Å². The van der Waals surface area contributed by atoms with Crippen molar-refractivity contribution in [1.82, 2.24) is 9.97 Å². The van der Waals surface area contributed by atoms with E-state index < -0.39 is 0 Å². The number of hydrogen-bond donors (Lipinski definition) is 1. The van der Waals surface area contributed by atoms with Crippen LogP contribution in [0.2, 0.25) is 0 Å². The van der Waals surface area contributed by atoms with Crippen LogP contribution >= 0.6 is 0 Å². The van der Waals surface area contributed by atoms with Crippen LogP contribution in [0.3, 0.4) is 0 Å². The lowest BCUT2D eigenvalue weighted by Gasteiger charge is -2.34. The Hall–Kier alpha value is -1.52. The molecular weight excluding hydrogens is 250 g/mol. The van der Waals surface area contributed by atoms with Crippen molar-refractivity contribution in [2.45, 2.75) is 39.0 Å². The Morgan fingerprint density at radius 2 is 1.50 bits per heavy atom. The molecule has 2 saturated heterocycles. The molecule has 0 bridgehead atoms. The highest BCUT2D eigenvalue weighted by Gasteiger charge is 2.23. The number of hydrogen-bond acceptors (Lipinski definition) is 5. The van der Waals surface area contributed by atoms with Gasteiger partial charge in [0.05, 0.1) is 0 Å². The molecule has 0 radical (unpaired) electrons. The fourth-order valence-electron chi connectivity index (χ4n) is 3.21. The maximum absolute atomic E-state index is 6.37.